The van der Waals surface area contributed by atoms with Crippen molar-refractivity contribution in [3.8, 4) is 11.1 Å². The van der Waals surface area contributed by atoms with Gasteiger partial charge in [-0.3, -0.25) is 9.78 Å². The van der Waals surface area contributed by atoms with Gasteiger partial charge >= 0.3 is 0 Å². The number of aliphatic hydroxyl groups is 1. The number of hydrogen-bond donors (Lipinski definition) is 2. The van der Waals surface area contributed by atoms with Crippen molar-refractivity contribution in [2.24, 2.45) is 5.92 Å². The SMILES string of the molecule is O=C1Cc2ncc(-c3cnc4[nH]ccc4c3)cc2N1C[C@H]1COC[C@H](O)C1. The molecule has 5 rings (SSSR count). The number of aliphatic hydroxyl groups excluding tert-OH is 1. The summed E-state index contributed by atoms with van der Waals surface area (Å²) in [5.41, 5.74) is 4.40. The van der Waals surface area contributed by atoms with Crippen LogP contribution >= 0.6 is 0 Å². The maximum atomic E-state index is 12.5. The van der Waals surface area contributed by atoms with Gasteiger partial charge in [0.1, 0.15) is 5.65 Å². The Hall–Kier alpha value is -2.77. The van der Waals surface area contributed by atoms with E-state index in [1.54, 1.807) is 11.1 Å². The maximum Gasteiger partial charge on any atom is 0.233 e. The van der Waals surface area contributed by atoms with Crippen molar-refractivity contribution >= 4 is 22.6 Å². The Morgan fingerprint density at radius 3 is 2.96 bits per heavy atom. The summed E-state index contributed by atoms with van der Waals surface area (Å²) in [6.07, 6.45) is 6.00. The lowest BCUT2D eigenvalue weighted by atomic mass is 9.99. The van der Waals surface area contributed by atoms with Crippen molar-refractivity contribution in [3.63, 3.8) is 0 Å². The molecule has 0 spiro atoms. The molecule has 7 heteroatoms. The highest BCUT2D eigenvalue weighted by Gasteiger charge is 2.32. The minimum atomic E-state index is -0.454. The highest BCUT2D eigenvalue weighted by molar-refractivity contribution is 6.01. The Kier molecular flexibility index (Phi) is 3.91. The number of amides is 1. The molecule has 2 N–H and O–H groups in total. The predicted octanol–water partition coefficient (Wildman–Crippen LogP) is 1.91. The molecule has 1 amide bonds. The Morgan fingerprint density at radius 2 is 2.07 bits per heavy atom. The van der Waals surface area contributed by atoms with E-state index in [-0.39, 0.29) is 11.8 Å². The lowest BCUT2D eigenvalue weighted by molar-refractivity contribution is -0.117. The first kappa shape index (κ1) is 16.4. The number of aromatic amines is 1. The second kappa shape index (κ2) is 6.44. The van der Waals surface area contributed by atoms with Crippen LogP contribution in [0.2, 0.25) is 0 Å². The van der Waals surface area contributed by atoms with Crippen molar-refractivity contribution in [1.82, 2.24) is 15.0 Å². The highest BCUT2D eigenvalue weighted by Crippen LogP contribution is 2.33. The number of aromatic nitrogens is 3. The van der Waals surface area contributed by atoms with E-state index in [1.165, 1.54) is 0 Å². The van der Waals surface area contributed by atoms with Crippen LogP contribution in [0.4, 0.5) is 5.69 Å². The van der Waals surface area contributed by atoms with E-state index in [4.69, 9.17) is 4.74 Å². The zero-order valence-electron chi connectivity index (χ0n) is 14.8. The molecular weight excluding hydrogens is 344 g/mol. The van der Waals surface area contributed by atoms with Crippen LogP contribution in [0.15, 0.2) is 36.8 Å². The molecule has 0 aromatic carbocycles. The monoisotopic (exact) mass is 364 g/mol. The van der Waals surface area contributed by atoms with Gasteiger partial charge in [-0.1, -0.05) is 0 Å². The fraction of sp³-hybridized carbons (Fsp3) is 0.350. The fourth-order valence-corrected chi connectivity index (χ4v) is 3.96. The van der Waals surface area contributed by atoms with Gasteiger partial charge in [0, 0.05) is 47.6 Å². The van der Waals surface area contributed by atoms with Crippen LogP contribution in [0, 0.1) is 5.92 Å². The first-order valence-corrected chi connectivity index (χ1v) is 9.16. The van der Waals surface area contributed by atoms with E-state index < -0.39 is 6.10 Å². The Bertz CT molecular complexity index is 1020. The number of rotatable bonds is 3. The van der Waals surface area contributed by atoms with E-state index in [1.807, 2.05) is 24.5 Å². The largest absolute Gasteiger partial charge is 0.391 e. The summed E-state index contributed by atoms with van der Waals surface area (Å²) in [6.45, 7) is 1.49. The summed E-state index contributed by atoms with van der Waals surface area (Å²) < 4.78 is 5.44. The van der Waals surface area contributed by atoms with Gasteiger partial charge in [-0.05, 0) is 24.6 Å². The molecule has 2 aliphatic heterocycles. The molecule has 0 radical (unpaired) electrons. The normalized spacial score (nSPS) is 22.4. The molecule has 3 aromatic rings. The van der Waals surface area contributed by atoms with E-state index in [2.05, 4.69) is 21.0 Å². The average molecular weight is 364 g/mol. The number of carbonyl (C=O) groups is 1. The van der Waals surface area contributed by atoms with Crippen LogP contribution < -0.4 is 4.90 Å². The Labute approximate surface area is 156 Å². The molecule has 138 valence electrons. The first-order chi connectivity index (χ1) is 13.2. The van der Waals surface area contributed by atoms with Gasteiger partial charge in [-0.15, -0.1) is 0 Å². The third kappa shape index (κ3) is 2.98. The van der Waals surface area contributed by atoms with Crippen molar-refractivity contribution in [2.45, 2.75) is 18.9 Å². The van der Waals surface area contributed by atoms with E-state index in [0.29, 0.717) is 32.6 Å². The van der Waals surface area contributed by atoms with Gasteiger partial charge in [0.15, 0.2) is 0 Å². The smallest absolute Gasteiger partial charge is 0.233 e. The first-order valence-electron chi connectivity index (χ1n) is 9.16. The van der Waals surface area contributed by atoms with Gasteiger partial charge in [-0.2, -0.15) is 0 Å². The number of carbonyl (C=O) groups excluding carboxylic acids is 1. The third-order valence-electron chi connectivity index (χ3n) is 5.30. The number of pyridine rings is 2. The molecule has 2 aliphatic rings. The molecule has 5 heterocycles. The Balaban J connectivity index is 1.46. The van der Waals surface area contributed by atoms with Crippen LogP contribution in [-0.2, 0) is 16.0 Å². The molecule has 0 bridgehead atoms. The van der Waals surface area contributed by atoms with Crippen LogP contribution in [0.5, 0.6) is 0 Å². The van der Waals surface area contributed by atoms with Crippen molar-refractivity contribution < 1.29 is 14.6 Å². The van der Waals surface area contributed by atoms with Gasteiger partial charge in [0.25, 0.3) is 0 Å². The minimum Gasteiger partial charge on any atom is -0.391 e. The molecule has 2 atom stereocenters. The van der Waals surface area contributed by atoms with Crippen molar-refractivity contribution in [1.29, 1.82) is 0 Å². The number of nitrogens with zero attached hydrogens (tertiary/aromatic N) is 3. The van der Waals surface area contributed by atoms with E-state index in [0.717, 1.165) is 33.5 Å². The number of hydrogen-bond acceptors (Lipinski definition) is 5. The van der Waals surface area contributed by atoms with Crippen molar-refractivity contribution in [2.75, 3.05) is 24.7 Å². The summed E-state index contributed by atoms with van der Waals surface area (Å²) >= 11 is 0. The minimum absolute atomic E-state index is 0.0499. The third-order valence-corrected chi connectivity index (χ3v) is 5.30. The summed E-state index contributed by atoms with van der Waals surface area (Å²) in [6, 6.07) is 6.06. The lowest BCUT2D eigenvalue weighted by Gasteiger charge is -2.30. The fourth-order valence-electron chi connectivity index (χ4n) is 3.96. The van der Waals surface area contributed by atoms with Crippen LogP contribution in [0.3, 0.4) is 0 Å². The summed E-state index contributed by atoms with van der Waals surface area (Å²) in [7, 11) is 0. The second-order valence-corrected chi connectivity index (χ2v) is 7.30. The molecule has 3 aromatic heterocycles. The molecule has 27 heavy (non-hydrogen) atoms. The van der Waals surface area contributed by atoms with Gasteiger partial charge < -0.3 is 19.7 Å². The summed E-state index contributed by atoms with van der Waals surface area (Å²) in [5.74, 6) is 0.180. The molecular formula is C20H20N4O3. The average Bonchev–Trinajstić information content (AvgIpc) is 3.25. The number of fused-ring (bicyclic) bond motifs is 2. The predicted molar refractivity (Wildman–Crippen MR) is 100 cm³/mol. The molecule has 0 unspecified atom stereocenters. The summed E-state index contributed by atoms with van der Waals surface area (Å²) in [5, 5.41) is 10.9. The quantitative estimate of drug-likeness (QED) is 0.741. The molecule has 0 saturated carbocycles. The topological polar surface area (TPSA) is 91.3 Å². The highest BCUT2D eigenvalue weighted by atomic mass is 16.5. The summed E-state index contributed by atoms with van der Waals surface area (Å²) in [4.78, 5) is 26.4. The van der Waals surface area contributed by atoms with Crippen LogP contribution in [0.25, 0.3) is 22.2 Å². The van der Waals surface area contributed by atoms with Gasteiger partial charge in [-0.25, -0.2) is 4.98 Å². The zero-order valence-corrected chi connectivity index (χ0v) is 14.8. The van der Waals surface area contributed by atoms with E-state index >= 15 is 0 Å². The standard InChI is InChI=1S/C20H20N4O3/c25-16-3-12(10-27-11-16)9-24-18-5-15(7-22-17(18)6-19(24)26)14-4-13-1-2-21-20(13)23-8-14/h1-2,4-5,7-8,12,16,25H,3,6,9-11H2,(H,21,23)/t12-,16+/m0/s1. The number of ether oxygens (including phenoxy) is 1. The van der Waals surface area contributed by atoms with Crippen molar-refractivity contribution in [3.05, 3.63) is 42.5 Å². The second-order valence-electron chi connectivity index (χ2n) is 7.30. The maximum absolute atomic E-state index is 12.5. The van der Waals surface area contributed by atoms with E-state index in [9.17, 15) is 9.90 Å². The molecule has 1 saturated heterocycles. The van der Waals surface area contributed by atoms with Crippen LogP contribution in [-0.4, -0.2) is 51.8 Å². The van der Waals surface area contributed by atoms with Gasteiger partial charge in [0.05, 0.1) is 37.1 Å². The number of anilines is 1. The number of nitrogens with one attached hydrogen (secondary N) is 1. The molecule has 1 fully saturated rings. The van der Waals surface area contributed by atoms with Crippen LogP contribution in [0.1, 0.15) is 12.1 Å². The lowest BCUT2D eigenvalue weighted by Crippen LogP contribution is -2.39. The Morgan fingerprint density at radius 1 is 1.22 bits per heavy atom. The molecule has 7 nitrogen and oxygen atoms in total. The zero-order chi connectivity index (χ0) is 18.4. The molecule has 0 aliphatic carbocycles. The number of H-pyrrole nitrogens is 1. The van der Waals surface area contributed by atoms with Gasteiger partial charge in [0.2, 0.25) is 5.91 Å².